The van der Waals surface area contributed by atoms with Gasteiger partial charge in [0.05, 0.1) is 13.0 Å². The normalized spacial score (nSPS) is 13.2. The van der Waals surface area contributed by atoms with Gasteiger partial charge in [-0.1, -0.05) is 0 Å². The van der Waals surface area contributed by atoms with Gasteiger partial charge in [0.1, 0.15) is 0 Å². The van der Waals surface area contributed by atoms with Crippen molar-refractivity contribution in [3.05, 3.63) is 0 Å². The Bertz CT molecular complexity index is 146. The highest BCUT2D eigenvalue weighted by atomic mass is 19.4. The molecule has 2 nitrogen and oxygen atoms in total. The lowest BCUT2D eigenvalue weighted by Gasteiger charge is -2.09. The summed E-state index contributed by atoms with van der Waals surface area (Å²) >= 11 is 0. The summed E-state index contributed by atoms with van der Waals surface area (Å²) in [7, 11) is 0. The van der Waals surface area contributed by atoms with Crippen molar-refractivity contribution >= 4 is 0 Å². The third-order valence-electron chi connectivity index (χ3n) is 1.39. The highest BCUT2D eigenvalue weighted by Gasteiger charge is 2.26. The van der Waals surface area contributed by atoms with E-state index in [1.807, 2.05) is 0 Å². The second-order valence-electron chi connectivity index (χ2n) is 2.91. The molecule has 0 saturated heterocycles. The third-order valence-corrected chi connectivity index (χ3v) is 1.39. The van der Waals surface area contributed by atoms with Crippen molar-refractivity contribution in [2.24, 2.45) is 0 Å². The molecule has 2 N–H and O–H groups in total. The molecule has 0 spiro atoms. The molecule has 0 aliphatic heterocycles. The van der Waals surface area contributed by atoms with Crippen LogP contribution >= 0.6 is 0 Å². The number of hydrogen-bond acceptors (Lipinski definition) is 2. The molecular weight excluding hydrogens is 226 g/mol. The zero-order chi connectivity index (χ0) is 11.9. The van der Waals surface area contributed by atoms with Crippen LogP contribution in [0, 0.1) is 0 Å². The van der Waals surface area contributed by atoms with E-state index in [0.29, 0.717) is 0 Å². The SMILES string of the molecule is FC(F)(F)CCNCCNCC(F)(F)F. The lowest BCUT2D eigenvalue weighted by molar-refractivity contribution is -0.133. The van der Waals surface area contributed by atoms with E-state index in [9.17, 15) is 26.3 Å². The van der Waals surface area contributed by atoms with Gasteiger partial charge in [0, 0.05) is 19.6 Å². The highest BCUT2D eigenvalue weighted by Crippen LogP contribution is 2.17. The van der Waals surface area contributed by atoms with Gasteiger partial charge in [-0.15, -0.1) is 0 Å². The first-order valence-corrected chi connectivity index (χ1v) is 4.26. The number of nitrogens with one attached hydrogen (secondary N) is 2. The van der Waals surface area contributed by atoms with Gasteiger partial charge in [-0.3, -0.25) is 0 Å². The fourth-order valence-electron chi connectivity index (χ4n) is 0.762. The molecule has 0 unspecified atom stereocenters. The molecule has 92 valence electrons. The van der Waals surface area contributed by atoms with Gasteiger partial charge in [0.25, 0.3) is 0 Å². The standard InChI is InChI=1S/C7H12F6N2/c8-6(9,10)1-2-14-3-4-15-5-7(11,12)13/h14-15H,1-5H2. The summed E-state index contributed by atoms with van der Waals surface area (Å²) in [4.78, 5) is 0. The van der Waals surface area contributed by atoms with Crippen molar-refractivity contribution in [2.75, 3.05) is 26.2 Å². The van der Waals surface area contributed by atoms with Crippen molar-refractivity contribution in [1.82, 2.24) is 10.6 Å². The Kier molecular flexibility index (Phi) is 5.96. The highest BCUT2D eigenvalue weighted by molar-refractivity contribution is 4.59. The average Bonchev–Trinajstić information content (AvgIpc) is 1.98. The largest absolute Gasteiger partial charge is 0.401 e. The molecule has 0 heterocycles. The molecule has 8 heteroatoms. The number of halogens is 6. The van der Waals surface area contributed by atoms with E-state index in [0.717, 1.165) is 0 Å². The van der Waals surface area contributed by atoms with Gasteiger partial charge in [-0.05, 0) is 0 Å². The predicted molar refractivity (Wildman–Crippen MR) is 42.5 cm³/mol. The van der Waals surface area contributed by atoms with E-state index in [1.54, 1.807) is 0 Å². The van der Waals surface area contributed by atoms with Crippen molar-refractivity contribution < 1.29 is 26.3 Å². The second-order valence-corrected chi connectivity index (χ2v) is 2.91. The van der Waals surface area contributed by atoms with E-state index in [1.165, 1.54) is 0 Å². The van der Waals surface area contributed by atoms with Gasteiger partial charge in [0.2, 0.25) is 0 Å². The Balaban J connectivity index is 3.20. The number of rotatable bonds is 6. The molecule has 0 amide bonds. The minimum Gasteiger partial charge on any atom is -0.315 e. The summed E-state index contributed by atoms with van der Waals surface area (Å²) in [6, 6.07) is 0. The maximum Gasteiger partial charge on any atom is 0.401 e. The van der Waals surface area contributed by atoms with E-state index in [-0.39, 0.29) is 19.6 Å². The topological polar surface area (TPSA) is 24.1 Å². The van der Waals surface area contributed by atoms with Gasteiger partial charge >= 0.3 is 12.4 Å². The summed E-state index contributed by atoms with van der Waals surface area (Å²) in [6.45, 7) is -1.35. The van der Waals surface area contributed by atoms with Crippen LogP contribution in [0.2, 0.25) is 0 Å². The summed E-state index contributed by atoms with van der Waals surface area (Å²) in [5, 5.41) is 4.43. The van der Waals surface area contributed by atoms with Crippen molar-refractivity contribution in [3.63, 3.8) is 0 Å². The maximum atomic E-state index is 11.6. The minimum atomic E-state index is -4.29. The molecule has 0 aliphatic carbocycles. The second kappa shape index (κ2) is 6.16. The van der Waals surface area contributed by atoms with E-state index < -0.39 is 25.3 Å². The summed E-state index contributed by atoms with van der Waals surface area (Å²) in [6.07, 6.45) is -9.50. The lowest BCUT2D eigenvalue weighted by Crippen LogP contribution is -2.35. The molecule has 0 bridgehead atoms. The van der Waals surface area contributed by atoms with Gasteiger partial charge in [-0.25, -0.2) is 0 Å². The van der Waals surface area contributed by atoms with Crippen molar-refractivity contribution in [3.8, 4) is 0 Å². The van der Waals surface area contributed by atoms with E-state index >= 15 is 0 Å². The van der Waals surface area contributed by atoms with E-state index in [4.69, 9.17) is 0 Å². The molecule has 0 radical (unpaired) electrons. The lowest BCUT2D eigenvalue weighted by atomic mass is 10.4. The van der Waals surface area contributed by atoms with Crippen LogP contribution in [0.3, 0.4) is 0 Å². The van der Waals surface area contributed by atoms with E-state index in [2.05, 4.69) is 10.6 Å². The first-order valence-electron chi connectivity index (χ1n) is 4.26. The minimum absolute atomic E-state index is 0.0165. The number of alkyl halides is 6. The van der Waals surface area contributed by atoms with Crippen LogP contribution < -0.4 is 10.6 Å². The Morgan fingerprint density at radius 3 is 1.67 bits per heavy atom. The first kappa shape index (κ1) is 14.5. The van der Waals surface area contributed by atoms with Gasteiger partial charge in [-0.2, -0.15) is 26.3 Å². The first-order chi connectivity index (χ1) is 6.71. The molecular formula is C7H12F6N2. The molecule has 0 aromatic rings. The quantitative estimate of drug-likeness (QED) is 0.543. The van der Waals surface area contributed by atoms with Crippen LogP contribution in [0.5, 0.6) is 0 Å². The van der Waals surface area contributed by atoms with Crippen molar-refractivity contribution in [1.29, 1.82) is 0 Å². The summed E-state index contributed by atoms with van der Waals surface area (Å²) in [5.41, 5.74) is 0. The Labute approximate surface area is 83.0 Å². The van der Waals surface area contributed by atoms with Crippen LogP contribution in [0.1, 0.15) is 6.42 Å². The summed E-state index contributed by atoms with van der Waals surface area (Å²) in [5.74, 6) is 0. The fraction of sp³-hybridized carbons (Fsp3) is 1.00. The Morgan fingerprint density at radius 2 is 1.20 bits per heavy atom. The Hall–Kier alpha value is -0.500. The molecule has 0 atom stereocenters. The van der Waals surface area contributed by atoms with Crippen LogP contribution in [0.25, 0.3) is 0 Å². The van der Waals surface area contributed by atoms with Crippen molar-refractivity contribution in [2.45, 2.75) is 18.8 Å². The van der Waals surface area contributed by atoms with Gasteiger partial charge in [0.15, 0.2) is 0 Å². The Morgan fingerprint density at radius 1 is 0.667 bits per heavy atom. The molecule has 0 saturated carbocycles. The third kappa shape index (κ3) is 13.5. The number of hydrogen-bond donors (Lipinski definition) is 2. The average molecular weight is 238 g/mol. The zero-order valence-electron chi connectivity index (χ0n) is 7.80. The van der Waals surface area contributed by atoms with Crippen LogP contribution in [0.15, 0.2) is 0 Å². The molecule has 0 aromatic heterocycles. The van der Waals surface area contributed by atoms with Crippen LogP contribution in [0.4, 0.5) is 26.3 Å². The van der Waals surface area contributed by atoms with Crippen LogP contribution in [-0.4, -0.2) is 38.5 Å². The fourth-order valence-corrected chi connectivity index (χ4v) is 0.762. The molecule has 0 rings (SSSR count). The molecule has 0 aliphatic rings. The van der Waals surface area contributed by atoms with Crippen LogP contribution in [-0.2, 0) is 0 Å². The molecule has 0 aromatic carbocycles. The molecule has 15 heavy (non-hydrogen) atoms. The monoisotopic (exact) mass is 238 g/mol. The van der Waals surface area contributed by atoms with Gasteiger partial charge < -0.3 is 10.6 Å². The predicted octanol–water partition coefficient (Wildman–Crippen LogP) is 1.68. The zero-order valence-corrected chi connectivity index (χ0v) is 7.80. The molecule has 0 fully saturated rings. The smallest absolute Gasteiger partial charge is 0.315 e. The summed E-state index contributed by atoms with van der Waals surface area (Å²) < 4.78 is 69.4. The maximum absolute atomic E-state index is 11.6.